The van der Waals surface area contributed by atoms with E-state index in [0.717, 1.165) is 5.57 Å². The Morgan fingerprint density at radius 3 is 2.59 bits per heavy atom. The zero-order valence-corrected chi connectivity index (χ0v) is 23.5. The Kier molecular flexibility index (Phi) is 8.76. The van der Waals surface area contributed by atoms with E-state index in [4.69, 9.17) is 18.9 Å². The Morgan fingerprint density at radius 1 is 1.12 bits per heavy atom. The number of carbonyl (C=O) groups is 4. The first-order valence-corrected chi connectivity index (χ1v) is 14.0. The molecule has 0 radical (unpaired) electrons. The number of fused-ring (bicyclic) bond motifs is 5. The van der Waals surface area contributed by atoms with Crippen molar-refractivity contribution in [3.63, 3.8) is 0 Å². The van der Waals surface area contributed by atoms with E-state index in [0.29, 0.717) is 19.3 Å². The van der Waals surface area contributed by atoms with Gasteiger partial charge in [0.25, 0.3) is 5.09 Å². The van der Waals surface area contributed by atoms with E-state index in [1.54, 1.807) is 19.1 Å². The molecule has 0 aliphatic heterocycles. The molecule has 0 amide bonds. The third-order valence-electron chi connectivity index (χ3n) is 9.61. The molecule has 3 saturated carbocycles. The van der Waals surface area contributed by atoms with Crippen LogP contribution >= 0.6 is 0 Å². The number of allylic oxidation sites excluding steroid dienone is 4. The van der Waals surface area contributed by atoms with Crippen LogP contribution in [-0.2, 0) is 33.4 Å². The lowest BCUT2D eigenvalue weighted by molar-refractivity contribution is -0.757. The fourth-order valence-corrected chi connectivity index (χ4v) is 7.92. The van der Waals surface area contributed by atoms with Crippen molar-refractivity contribution in [3.05, 3.63) is 33.9 Å². The Balaban J connectivity index is 1.54. The molecule has 4 rings (SSSR count). The second-order valence-electron chi connectivity index (χ2n) is 11.6. The Bertz CT molecular complexity index is 1150. The summed E-state index contributed by atoms with van der Waals surface area (Å²) in [6.07, 6.45) is 4.31. The molecule has 0 aromatic rings. The molecule has 0 aromatic heterocycles. The zero-order valence-electron chi connectivity index (χ0n) is 23.5. The first kappa shape index (κ1) is 30.5. The van der Waals surface area contributed by atoms with Gasteiger partial charge in [-0.15, -0.1) is 10.1 Å². The summed E-state index contributed by atoms with van der Waals surface area (Å²) in [7, 11) is 0. The van der Waals surface area contributed by atoms with Crippen molar-refractivity contribution in [2.75, 3.05) is 26.4 Å². The number of rotatable bonds is 10. The molecule has 3 unspecified atom stereocenters. The Labute approximate surface area is 237 Å². The molecule has 4 aliphatic rings. The Morgan fingerprint density at radius 2 is 1.88 bits per heavy atom. The maximum atomic E-state index is 13.8. The van der Waals surface area contributed by atoms with Gasteiger partial charge in [-0.25, -0.2) is 9.59 Å². The summed E-state index contributed by atoms with van der Waals surface area (Å²) in [4.78, 5) is 65.0. The van der Waals surface area contributed by atoms with Crippen LogP contribution in [0.5, 0.6) is 0 Å². The molecule has 1 N–H and O–H groups in total. The molecule has 13 heteroatoms. The minimum atomic E-state index is -1.72. The number of nitrogens with zero attached hydrogens (tertiary/aromatic N) is 1. The third-order valence-corrected chi connectivity index (χ3v) is 9.61. The third kappa shape index (κ3) is 5.55. The summed E-state index contributed by atoms with van der Waals surface area (Å²) in [5, 5.41) is 20.9. The van der Waals surface area contributed by atoms with Crippen LogP contribution in [-0.4, -0.2) is 72.2 Å². The average Bonchev–Trinajstić information content (AvgIpc) is 3.19. The number of ketones is 2. The molecule has 226 valence electrons. The standard InChI is InChI=1S/C28H37NO12/c1-4-37-25(34)41-28(22(32)16-39-24(33)38-12-5-13-40-29(35)36)11-9-20-19-7-6-17-14-18(30)8-10-26(17,2)23(19)21(31)15-27(20,28)3/h8,10,14,19-21,23,31H,4-7,9,11-13,15-16H2,1-3H3/t19?,20?,21-,23?,26-,27-,28-/m0/s1. The molecule has 0 bridgehead atoms. The van der Waals surface area contributed by atoms with Gasteiger partial charge in [-0.3, -0.25) is 9.59 Å². The number of hydrogen-bond acceptors (Lipinski definition) is 12. The lowest BCUT2D eigenvalue weighted by Gasteiger charge is -2.59. The quantitative estimate of drug-likeness (QED) is 0.173. The monoisotopic (exact) mass is 579 g/mol. The summed E-state index contributed by atoms with van der Waals surface area (Å²) >= 11 is 0. The van der Waals surface area contributed by atoms with Gasteiger partial charge in [-0.1, -0.05) is 25.5 Å². The lowest BCUT2D eigenvalue weighted by atomic mass is 9.46. The molecule has 13 nitrogen and oxygen atoms in total. The highest BCUT2D eigenvalue weighted by molar-refractivity contribution is 6.01. The van der Waals surface area contributed by atoms with Crippen molar-refractivity contribution in [1.29, 1.82) is 0 Å². The fraction of sp³-hybridized carbons (Fsp3) is 0.714. The maximum Gasteiger partial charge on any atom is 0.509 e. The van der Waals surface area contributed by atoms with Gasteiger partial charge in [0.1, 0.15) is 0 Å². The molecular formula is C28H37NO12. The van der Waals surface area contributed by atoms with Gasteiger partial charge in [0.2, 0.25) is 5.78 Å². The topological polar surface area (TPSA) is 178 Å². The molecule has 0 saturated heterocycles. The molecule has 3 fully saturated rings. The van der Waals surface area contributed by atoms with Gasteiger partial charge in [-0.05, 0) is 63.0 Å². The highest BCUT2D eigenvalue weighted by Crippen LogP contribution is 2.68. The number of hydrogen-bond donors (Lipinski definition) is 1. The minimum absolute atomic E-state index is 0.0171. The van der Waals surface area contributed by atoms with Crippen LogP contribution in [0.3, 0.4) is 0 Å². The molecule has 0 heterocycles. The maximum absolute atomic E-state index is 13.8. The second-order valence-corrected chi connectivity index (χ2v) is 11.6. The van der Waals surface area contributed by atoms with E-state index in [9.17, 15) is 34.4 Å². The second kappa shape index (κ2) is 11.8. The molecule has 4 aliphatic carbocycles. The van der Waals surface area contributed by atoms with Crippen LogP contribution in [0.4, 0.5) is 9.59 Å². The molecule has 0 spiro atoms. The molecule has 7 atom stereocenters. The molecular weight excluding hydrogens is 542 g/mol. The predicted molar refractivity (Wildman–Crippen MR) is 139 cm³/mol. The van der Waals surface area contributed by atoms with Crippen LogP contribution in [0.1, 0.15) is 59.3 Å². The van der Waals surface area contributed by atoms with Crippen LogP contribution in [0.15, 0.2) is 23.8 Å². The average molecular weight is 580 g/mol. The van der Waals surface area contributed by atoms with E-state index >= 15 is 0 Å². The van der Waals surface area contributed by atoms with E-state index in [2.05, 4.69) is 4.84 Å². The van der Waals surface area contributed by atoms with Gasteiger partial charge >= 0.3 is 12.3 Å². The summed E-state index contributed by atoms with van der Waals surface area (Å²) in [6, 6.07) is 0. The minimum Gasteiger partial charge on any atom is -0.435 e. The Hall–Kier alpha value is -3.48. The van der Waals surface area contributed by atoms with Gasteiger partial charge in [0.15, 0.2) is 18.0 Å². The first-order valence-electron chi connectivity index (χ1n) is 14.0. The van der Waals surface area contributed by atoms with Gasteiger partial charge in [-0.2, -0.15) is 0 Å². The highest BCUT2D eigenvalue weighted by Gasteiger charge is 2.70. The van der Waals surface area contributed by atoms with Crippen molar-refractivity contribution < 1.29 is 53.2 Å². The van der Waals surface area contributed by atoms with Crippen LogP contribution in [0.2, 0.25) is 0 Å². The predicted octanol–water partition coefficient (Wildman–Crippen LogP) is 3.50. The number of aliphatic hydroxyl groups excluding tert-OH is 1. The van der Waals surface area contributed by atoms with Gasteiger partial charge in [0, 0.05) is 23.2 Å². The lowest BCUT2D eigenvalue weighted by Crippen LogP contribution is -2.63. The number of aliphatic hydroxyl groups is 1. The van der Waals surface area contributed by atoms with Gasteiger partial charge in [0.05, 0.1) is 25.9 Å². The first-order chi connectivity index (χ1) is 19.4. The van der Waals surface area contributed by atoms with E-state index in [-0.39, 0.29) is 62.6 Å². The largest absolute Gasteiger partial charge is 0.509 e. The van der Waals surface area contributed by atoms with E-state index in [1.807, 2.05) is 19.9 Å². The zero-order chi connectivity index (χ0) is 30.0. The number of Topliss-reactive ketones (excluding diaryl/α,β-unsaturated/α-hetero) is 1. The normalized spacial score (nSPS) is 35.2. The van der Waals surface area contributed by atoms with Gasteiger partial charge < -0.3 is 28.9 Å². The summed E-state index contributed by atoms with van der Waals surface area (Å²) < 4.78 is 20.7. The molecule has 41 heavy (non-hydrogen) atoms. The van der Waals surface area contributed by atoms with Crippen molar-refractivity contribution >= 4 is 23.9 Å². The van der Waals surface area contributed by atoms with Crippen LogP contribution in [0.25, 0.3) is 0 Å². The van der Waals surface area contributed by atoms with E-state index in [1.165, 1.54) is 0 Å². The smallest absolute Gasteiger partial charge is 0.435 e. The number of carbonyl (C=O) groups excluding carboxylic acids is 4. The van der Waals surface area contributed by atoms with Crippen molar-refractivity contribution in [3.8, 4) is 0 Å². The summed E-state index contributed by atoms with van der Waals surface area (Å²) in [5.41, 5.74) is -2.22. The van der Waals surface area contributed by atoms with Crippen molar-refractivity contribution in [1.82, 2.24) is 0 Å². The van der Waals surface area contributed by atoms with Crippen LogP contribution < -0.4 is 0 Å². The summed E-state index contributed by atoms with van der Waals surface area (Å²) in [5.74, 6) is -1.03. The number of ether oxygens (including phenoxy) is 4. The van der Waals surface area contributed by atoms with E-state index < -0.39 is 52.3 Å². The fourth-order valence-electron chi connectivity index (χ4n) is 7.92. The van der Waals surface area contributed by atoms with Crippen molar-refractivity contribution in [2.24, 2.45) is 28.6 Å². The SMILES string of the molecule is CCOC(=O)O[C@]1(C(=O)COC(=O)OCCCO[N+](=O)[O-])CCC2C3CCC4=CC(=O)C=C[C@]4(C)C3[C@@H](O)C[C@@]21C. The van der Waals surface area contributed by atoms with Crippen LogP contribution in [0, 0.1) is 38.7 Å². The summed E-state index contributed by atoms with van der Waals surface area (Å²) in [6.45, 7) is 4.26. The van der Waals surface area contributed by atoms with Crippen molar-refractivity contribution in [2.45, 2.75) is 71.0 Å². The highest BCUT2D eigenvalue weighted by atomic mass is 16.9. The molecule has 0 aromatic carbocycles.